The lowest BCUT2D eigenvalue weighted by molar-refractivity contribution is -0.294. The van der Waals surface area contributed by atoms with Crippen LogP contribution in [0.2, 0.25) is 5.02 Å². The highest BCUT2D eigenvalue weighted by Gasteiger charge is 2.62. The van der Waals surface area contributed by atoms with Gasteiger partial charge in [0.2, 0.25) is 0 Å². The summed E-state index contributed by atoms with van der Waals surface area (Å²) in [4.78, 5) is 0. The number of hydrogen-bond acceptors (Lipinski definition) is 3. The van der Waals surface area contributed by atoms with Crippen LogP contribution in [0.1, 0.15) is 12.0 Å². The molecule has 1 aliphatic rings. The molecule has 2 rings (SSSR count). The number of halogens is 4. The van der Waals surface area contributed by atoms with Gasteiger partial charge < -0.3 is 10.8 Å². The van der Waals surface area contributed by atoms with E-state index in [1.807, 2.05) is 0 Å². The fourth-order valence-corrected chi connectivity index (χ4v) is 2.12. The smallest absolute Gasteiger partial charge is 0.375 e. The second kappa shape index (κ2) is 4.87. The van der Waals surface area contributed by atoms with E-state index >= 15 is 0 Å². The molecule has 108 valence electrons. The summed E-state index contributed by atoms with van der Waals surface area (Å²) in [6, 6.07) is 6.02. The number of hydrazone groups is 1. The molecule has 0 saturated heterocycles. The standard InChI is InChI=1S/C11H9ClF3N3OS/c12-7-3-1-6(2-4-7)8-5-10(19,11(13,14)15)18(17-8)9(16)20/h1-4,19H,5H2,(H2,16,20)/t10-/m1/s1. The van der Waals surface area contributed by atoms with E-state index in [-0.39, 0.29) is 10.7 Å². The van der Waals surface area contributed by atoms with Crippen LogP contribution in [0.15, 0.2) is 29.4 Å². The van der Waals surface area contributed by atoms with Gasteiger partial charge in [-0.2, -0.15) is 23.3 Å². The number of aliphatic hydroxyl groups is 1. The number of rotatable bonds is 1. The van der Waals surface area contributed by atoms with Gasteiger partial charge in [0.25, 0.3) is 5.72 Å². The van der Waals surface area contributed by atoms with Gasteiger partial charge in [-0.1, -0.05) is 23.7 Å². The van der Waals surface area contributed by atoms with Gasteiger partial charge in [-0.3, -0.25) is 0 Å². The van der Waals surface area contributed by atoms with Crippen molar-refractivity contribution in [2.24, 2.45) is 10.8 Å². The zero-order valence-corrected chi connectivity index (χ0v) is 11.4. The third kappa shape index (κ3) is 2.46. The van der Waals surface area contributed by atoms with Gasteiger partial charge in [-0.25, -0.2) is 0 Å². The highest BCUT2D eigenvalue weighted by atomic mass is 35.5. The van der Waals surface area contributed by atoms with Crippen molar-refractivity contribution in [2.45, 2.75) is 18.3 Å². The summed E-state index contributed by atoms with van der Waals surface area (Å²) in [5.74, 6) is 0. The zero-order valence-electron chi connectivity index (χ0n) is 9.86. The van der Waals surface area contributed by atoms with E-state index in [2.05, 4.69) is 17.3 Å². The molecule has 1 aliphatic heterocycles. The van der Waals surface area contributed by atoms with Crippen LogP contribution in [-0.4, -0.2) is 32.8 Å². The van der Waals surface area contributed by atoms with E-state index in [0.717, 1.165) is 0 Å². The van der Waals surface area contributed by atoms with Gasteiger partial charge in [0, 0.05) is 5.02 Å². The van der Waals surface area contributed by atoms with E-state index in [4.69, 9.17) is 17.3 Å². The first-order valence-electron chi connectivity index (χ1n) is 5.37. The van der Waals surface area contributed by atoms with Gasteiger partial charge in [0.1, 0.15) is 0 Å². The molecule has 0 unspecified atom stereocenters. The van der Waals surface area contributed by atoms with E-state index < -0.39 is 23.4 Å². The first-order chi connectivity index (χ1) is 9.15. The Labute approximate surface area is 122 Å². The highest BCUT2D eigenvalue weighted by Crippen LogP contribution is 2.41. The molecule has 0 radical (unpaired) electrons. The maximum Gasteiger partial charge on any atom is 0.438 e. The monoisotopic (exact) mass is 323 g/mol. The molecule has 3 N–H and O–H groups in total. The molecule has 0 fully saturated rings. The minimum absolute atomic E-state index is 0.0225. The van der Waals surface area contributed by atoms with Gasteiger partial charge in [0.15, 0.2) is 5.11 Å². The molecule has 1 heterocycles. The average molecular weight is 324 g/mol. The van der Waals surface area contributed by atoms with Crippen molar-refractivity contribution < 1.29 is 18.3 Å². The van der Waals surface area contributed by atoms with Gasteiger partial charge in [-0.05, 0) is 29.9 Å². The summed E-state index contributed by atoms with van der Waals surface area (Å²) >= 11 is 10.2. The van der Waals surface area contributed by atoms with Crippen LogP contribution in [0.4, 0.5) is 13.2 Å². The highest BCUT2D eigenvalue weighted by molar-refractivity contribution is 7.80. The van der Waals surface area contributed by atoms with Crippen LogP contribution in [0.3, 0.4) is 0 Å². The molecule has 1 atom stereocenters. The molecular weight excluding hydrogens is 315 g/mol. The van der Waals surface area contributed by atoms with Crippen LogP contribution in [-0.2, 0) is 0 Å². The van der Waals surface area contributed by atoms with E-state index in [9.17, 15) is 18.3 Å². The molecule has 9 heteroatoms. The third-order valence-corrected chi connectivity index (χ3v) is 3.25. The molecular formula is C11H9ClF3N3OS. The van der Waals surface area contributed by atoms with Crippen molar-refractivity contribution >= 4 is 34.6 Å². The second-order valence-electron chi connectivity index (χ2n) is 4.19. The molecule has 0 aliphatic carbocycles. The largest absolute Gasteiger partial charge is 0.438 e. The SMILES string of the molecule is NC(=S)N1N=C(c2ccc(Cl)cc2)C[C@@]1(O)C(F)(F)F. The van der Waals surface area contributed by atoms with E-state index in [1.54, 1.807) is 0 Å². The summed E-state index contributed by atoms with van der Waals surface area (Å²) in [6.45, 7) is 0. The van der Waals surface area contributed by atoms with Crippen LogP contribution in [0, 0.1) is 0 Å². The zero-order chi connectivity index (χ0) is 15.1. The molecule has 1 aromatic carbocycles. The summed E-state index contributed by atoms with van der Waals surface area (Å²) in [6.07, 6.45) is -5.72. The summed E-state index contributed by atoms with van der Waals surface area (Å²) in [5, 5.41) is 13.5. The lowest BCUT2D eigenvalue weighted by Crippen LogP contribution is -2.57. The molecule has 0 amide bonds. The number of thiocarbonyl (C=S) groups is 1. The number of nitrogens with two attached hydrogens (primary N) is 1. The molecule has 0 aromatic heterocycles. The van der Waals surface area contributed by atoms with Crippen molar-refractivity contribution in [3.05, 3.63) is 34.9 Å². The maximum absolute atomic E-state index is 13.0. The van der Waals surface area contributed by atoms with E-state index in [0.29, 0.717) is 10.6 Å². The van der Waals surface area contributed by atoms with Crippen LogP contribution >= 0.6 is 23.8 Å². The van der Waals surface area contributed by atoms with E-state index in [1.165, 1.54) is 24.3 Å². The summed E-state index contributed by atoms with van der Waals surface area (Å²) in [7, 11) is 0. The predicted molar refractivity (Wildman–Crippen MR) is 72.2 cm³/mol. The Balaban J connectivity index is 2.42. The second-order valence-corrected chi connectivity index (χ2v) is 5.05. The fourth-order valence-electron chi connectivity index (χ4n) is 1.80. The third-order valence-electron chi connectivity index (χ3n) is 2.83. The molecule has 1 aromatic rings. The molecule has 0 spiro atoms. The Morgan fingerprint density at radius 1 is 1.40 bits per heavy atom. The maximum atomic E-state index is 13.0. The Morgan fingerprint density at radius 3 is 2.35 bits per heavy atom. The topological polar surface area (TPSA) is 61.8 Å². The van der Waals surface area contributed by atoms with Crippen molar-refractivity contribution in [1.82, 2.24) is 5.01 Å². The molecule has 20 heavy (non-hydrogen) atoms. The summed E-state index contributed by atoms with van der Waals surface area (Å²) in [5.41, 5.74) is 2.40. The number of nitrogens with zero attached hydrogens (tertiary/aromatic N) is 2. The number of benzene rings is 1. The number of alkyl halides is 3. The fraction of sp³-hybridized carbons (Fsp3) is 0.273. The lowest BCUT2D eigenvalue weighted by Gasteiger charge is -2.32. The van der Waals surface area contributed by atoms with Crippen LogP contribution in [0.25, 0.3) is 0 Å². The molecule has 4 nitrogen and oxygen atoms in total. The van der Waals surface area contributed by atoms with Gasteiger partial charge in [0.05, 0.1) is 12.1 Å². The van der Waals surface area contributed by atoms with Crippen molar-refractivity contribution in [3.8, 4) is 0 Å². The predicted octanol–water partition coefficient (Wildman–Crippen LogP) is 2.24. The first kappa shape index (κ1) is 15.0. The van der Waals surface area contributed by atoms with Crippen LogP contribution in [0.5, 0.6) is 0 Å². The van der Waals surface area contributed by atoms with Gasteiger partial charge in [-0.15, -0.1) is 0 Å². The Bertz CT molecular complexity index is 575. The Morgan fingerprint density at radius 2 is 1.95 bits per heavy atom. The quantitative estimate of drug-likeness (QED) is 0.778. The Hall–Kier alpha value is -1.38. The Kier molecular flexibility index (Phi) is 3.66. The van der Waals surface area contributed by atoms with Crippen LogP contribution < -0.4 is 5.73 Å². The minimum Gasteiger partial charge on any atom is -0.375 e. The molecule has 0 bridgehead atoms. The summed E-state index contributed by atoms with van der Waals surface area (Å²) < 4.78 is 39.0. The van der Waals surface area contributed by atoms with Crippen molar-refractivity contribution in [2.75, 3.05) is 0 Å². The molecule has 0 saturated carbocycles. The van der Waals surface area contributed by atoms with Crippen molar-refractivity contribution in [3.63, 3.8) is 0 Å². The minimum atomic E-state index is -4.95. The average Bonchev–Trinajstić information content (AvgIpc) is 2.69. The van der Waals surface area contributed by atoms with Gasteiger partial charge >= 0.3 is 6.18 Å². The first-order valence-corrected chi connectivity index (χ1v) is 6.16. The lowest BCUT2D eigenvalue weighted by atomic mass is 10.0. The number of hydrogen-bond donors (Lipinski definition) is 2. The van der Waals surface area contributed by atoms with Crippen molar-refractivity contribution in [1.29, 1.82) is 0 Å². The normalized spacial score (nSPS) is 22.9.